The van der Waals surface area contributed by atoms with E-state index >= 15 is 0 Å². The number of benzene rings is 1. The molecule has 3 rings (SSSR count). The van der Waals surface area contributed by atoms with Gasteiger partial charge >= 0.3 is 0 Å². The number of anilines is 1. The lowest BCUT2D eigenvalue weighted by atomic mass is 9.88. The third-order valence-corrected chi connectivity index (χ3v) is 6.12. The van der Waals surface area contributed by atoms with Crippen molar-refractivity contribution in [2.75, 3.05) is 58.9 Å². The van der Waals surface area contributed by atoms with E-state index in [0.29, 0.717) is 6.04 Å². The molecule has 2 fully saturated rings. The first-order valence-corrected chi connectivity index (χ1v) is 10.1. The molecule has 2 N–H and O–H groups in total. The second-order valence-corrected chi connectivity index (χ2v) is 8.15. The summed E-state index contributed by atoms with van der Waals surface area (Å²) in [6, 6.07) is 8.45. The molecule has 0 bridgehead atoms. The van der Waals surface area contributed by atoms with Gasteiger partial charge in [-0.05, 0) is 51.6 Å². The number of halogens is 2. The van der Waals surface area contributed by atoms with Crippen molar-refractivity contribution < 1.29 is 4.74 Å². The van der Waals surface area contributed by atoms with Gasteiger partial charge in [-0.2, -0.15) is 0 Å². The van der Waals surface area contributed by atoms with Gasteiger partial charge in [0, 0.05) is 62.2 Å². The second kappa shape index (κ2) is 10.8. The molecular formula is C20H33ClIN5O. The van der Waals surface area contributed by atoms with Gasteiger partial charge in [-0.1, -0.05) is 17.7 Å². The van der Waals surface area contributed by atoms with E-state index in [4.69, 9.17) is 16.3 Å². The molecule has 0 saturated carbocycles. The van der Waals surface area contributed by atoms with E-state index in [0.717, 1.165) is 63.1 Å². The zero-order chi connectivity index (χ0) is 19.3. The lowest BCUT2D eigenvalue weighted by molar-refractivity contribution is -0.00502. The average molecular weight is 522 g/mol. The molecule has 0 spiro atoms. The van der Waals surface area contributed by atoms with Crippen LogP contribution in [0.4, 0.5) is 5.69 Å². The number of hydrogen-bond donors (Lipinski definition) is 2. The van der Waals surface area contributed by atoms with Crippen LogP contribution >= 0.6 is 35.6 Å². The van der Waals surface area contributed by atoms with E-state index in [1.54, 1.807) is 0 Å². The molecule has 2 heterocycles. The molecule has 6 nitrogen and oxygen atoms in total. The predicted molar refractivity (Wildman–Crippen MR) is 128 cm³/mol. The Bertz CT molecular complexity index is 651. The Kier molecular flexibility index (Phi) is 9.11. The van der Waals surface area contributed by atoms with Crippen LogP contribution in [0, 0.1) is 0 Å². The number of guanidine groups is 1. The molecular weight excluding hydrogens is 489 g/mol. The number of nitrogens with zero attached hydrogens (tertiary/aromatic N) is 3. The van der Waals surface area contributed by atoms with E-state index < -0.39 is 0 Å². The highest BCUT2D eigenvalue weighted by Gasteiger charge is 2.35. The van der Waals surface area contributed by atoms with Gasteiger partial charge in [0.15, 0.2) is 5.96 Å². The van der Waals surface area contributed by atoms with Crippen LogP contribution in [0.2, 0.25) is 5.02 Å². The van der Waals surface area contributed by atoms with Crippen LogP contribution < -0.4 is 15.5 Å². The largest absolute Gasteiger partial charge is 0.381 e. The molecule has 0 amide bonds. The summed E-state index contributed by atoms with van der Waals surface area (Å²) in [6.45, 7) is 4.49. The van der Waals surface area contributed by atoms with Gasteiger partial charge in [0.25, 0.3) is 0 Å². The van der Waals surface area contributed by atoms with E-state index in [1.807, 2.05) is 25.2 Å². The molecule has 8 heteroatoms. The Labute approximate surface area is 191 Å². The molecule has 1 unspecified atom stereocenters. The lowest BCUT2D eigenvalue weighted by Gasteiger charge is -2.43. The first-order chi connectivity index (χ1) is 13.0. The maximum absolute atomic E-state index is 6.14. The van der Waals surface area contributed by atoms with Crippen LogP contribution in [0.15, 0.2) is 29.3 Å². The quantitative estimate of drug-likeness (QED) is 0.355. The SMILES string of the molecule is CN=C(NCC1(N(C)C)CCOCC1)NC1CCN(c2cccc(Cl)c2)C1.I. The Morgan fingerprint density at radius 3 is 2.75 bits per heavy atom. The monoisotopic (exact) mass is 521 g/mol. The molecule has 28 heavy (non-hydrogen) atoms. The maximum atomic E-state index is 6.14. The predicted octanol–water partition coefficient (Wildman–Crippen LogP) is 2.81. The molecule has 1 atom stereocenters. The molecule has 0 aliphatic carbocycles. The summed E-state index contributed by atoms with van der Waals surface area (Å²) in [4.78, 5) is 9.14. The minimum absolute atomic E-state index is 0. The normalized spacial score (nSPS) is 22.1. The van der Waals surface area contributed by atoms with Crippen LogP contribution in [0.5, 0.6) is 0 Å². The third kappa shape index (κ3) is 5.87. The van der Waals surface area contributed by atoms with Gasteiger partial charge in [0.05, 0.1) is 0 Å². The number of likely N-dealkylation sites (N-methyl/N-ethyl adjacent to an activating group) is 1. The number of ether oxygens (including phenoxy) is 1. The molecule has 0 radical (unpaired) electrons. The first kappa shape index (κ1) is 23.5. The van der Waals surface area contributed by atoms with Crippen molar-refractivity contribution in [3.8, 4) is 0 Å². The number of nitrogens with one attached hydrogen (secondary N) is 2. The Morgan fingerprint density at radius 1 is 1.36 bits per heavy atom. The first-order valence-electron chi connectivity index (χ1n) is 9.75. The third-order valence-electron chi connectivity index (χ3n) is 5.88. The van der Waals surface area contributed by atoms with Gasteiger partial charge in [-0.25, -0.2) is 0 Å². The van der Waals surface area contributed by atoms with Crippen LogP contribution in [0.3, 0.4) is 0 Å². The van der Waals surface area contributed by atoms with Crippen molar-refractivity contribution >= 4 is 47.2 Å². The van der Waals surface area contributed by atoms with Crippen molar-refractivity contribution in [1.29, 1.82) is 0 Å². The zero-order valence-corrected chi connectivity index (χ0v) is 20.2. The van der Waals surface area contributed by atoms with Gasteiger partial charge in [0.2, 0.25) is 0 Å². The number of aliphatic imine (C=N–C) groups is 1. The summed E-state index contributed by atoms with van der Waals surface area (Å²) >= 11 is 6.14. The smallest absolute Gasteiger partial charge is 0.191 e. The maximum Gasteiger partial charge on any atom is 0.191 e. The van der Waals surface area contributed by atoms with Crippen molar-refractivity contribution in [2.45, 2.75) is 30.8 Å². The minimum atomic E-state index is 0. The summed E-state index contributed by atoms with van der Waals surface area (Å²) in [5, 5.41) is 7.93. The van der Waals surface area contributed by atoms with E-state index in [-0.39, 0.29) is 29.5 Å². The Morgan fingerprint density at radius 2 is 2.11 bits per heavy atom. The van der Waals surface area contributed by atoms with Crippen molar-refractivity contribution in [3.05, 3.63) is 29.3 Å². The fraction of sp³-hybridized carbons (Fsp3) is 0.650. The second-order valence-electron chi connectivity index (χ2n) is 7.71. The number of hydrogen-bond acceptors (Lipinski definition) is 4. The van der Waals surface area contributed by atoms with Crippen LogP contribution in [0.25, 0.3) is 0 Å². The van der Waals surface area contributed by atoms with E-state index in [2.05, 4.69) is 45.6 Å². The van der Waals surface area contributed by atoms with E-state index in [1.165, 1.54) is 5.69 Å². The average Bonchev–Trinajstić information content (AvgIpc) is 3.14. The molecule has 2 aliphatic heterocycles. The van der Waals surface area contributed by atoms with Crippen molar-refractivity contribution in [2.24, 2.45) is 4.99 Å². The highest BCUT2D eigenvalue weighted by molar-refractivity contribution is 14.0. The fourth-order valence-electron chi connectivity index (χ4n) is 3.96. The zero-order valence-electron chi connectivity index (χ0n) is 17.1. The molecule has 2 saturated heterocycles. The fourth-order valence-corrected chi connectivity index (χ4v) is 4.14. The van der Waals surface area contributed by atoms with Gasteiger partial charge in [0.1, 0.15) is 0 Å². The Hall–Kier alpha value is -0.770. The molecule has 2 aliphatic rings. The summed E-state index contributed by atoms with van der Waals surface area (Å²) in [5.41, 5.74) is 1.31. The summed E-state index contributed by atoms with van der Waals surface area (Å²) in [7, 11) is 6.15. The molecule has 158 valence electrons. The topological polar surface area (TPSA) is 52.1 Å². The molecule has 1 aromatic rings. The van der Waals surface area contributed by atoms with Crippen molar-refractivity contribution in [3.63, 3.8) is 0 Å². The summed E-state index contributed by atoms with van der Waals surface area (Å²) < 4.78 is 5.56. The van der Waals surface area contributed by atoms with Crippen molar-refractivity contribution in [1.82, 2.24) is 15.5 Å². The van der Waals surface area contributed by atoms with Crippen LogP contribution in [0.1, 0.15) is 19.3 Å². The van der Waals surface area contributed by atoms with Crippen LogP contribution in [-0.4, -0.2) is 76.4 Å². The highest BCUT2D eigenvalue weighted by atomic mass is 127. The number of rotatable bonds is 5. The van der Waals surface area contributed by atoms with Gasteiger partial charge in [-0.15, -0.1) is 24.0 Å². The van der Waals surface area contributed by atoms with Gasteiger partial charge < -0.3 is 25.2 Å². The van der Waals surface area contributed by atoms with Gasteiger partial charge in [-0.3, -0.25) is 4.99 Å². The summed E-state index contributed by atoms with van der Waals surface area (Å²) in [5.74, 6) is 0.876. The highest BCUT2D eigenvalue weighted by Crippen LogP contribution is 2.25. The standard InChI is InChI=1S/C20H32ClN5O.HI/c1-22-19(23-15-20(25(2)3)8-11-27-12-9-20)24-17-7-10-26(14-17)18-6-4-5-16(21)13-18;/h4-6,13,17H,7-12,14-15H2,1-3H3,(H2,22,23,24);1H. The summed E-state index contributed by atoms with van der Waals surface area (Å²) in [6.07, 6.45) is 3.16. The van der Waals surface area contributed by atoms with E-state index in [9.17, 15) is 0 Å². The lowest BCUT2D eigenvalue weighted by Crippen LogP contribution is -2.57. The molecule has 1 aromatic carbocycles. The Balaban J connectivity index is 0.00000280. The van der Waals surface area contributed by atoms with Crippen LogP contribution in [-0.2, 0) is 4.74 Å². The molecule has 0 aromatic heterocycles. The minimum Gasteiger partial charge on any atom is -0.381 e.